The summed E-state index contributed by atoms with van der Waals surface area (Å²) in [5.41, 5.74) is 7.38. The monoisotopic (exact) mass is 261 g/mol. The van der Waals surface area contributed by atoms with E-state index < -0.39 is 6.10 Å². The van der Waals surface area contributed by atoms with E-state index >= 15 is 0 Å². The van der Waals surface area contributed by atoms with Crippen LogP contribution in [0.5, 0.6) is 0 Å². The maximum absolute atomic E-state index is 10.3. The van der Waals surface area contributed by atoms with Gasteiger partial charge in [0.15, 0.2) is 0 Å². The van der Waals surface area contributed by atoms with Gasteiger partial charge in [-0.25, -0.2) is 0 Å². The zero-order chi connectivity index (χ0) is 13.2. The van der Waals surface area contributed by atoms with Crippen LogP contribution in [-0.2, 0) is 0 Å². The lowest BCUT2D eigenvalue weighted by Gasteiger charge is -2.38. The highest BCUT2D eigenvalue weighted by atomic mass is 16.3. The number of β-amino-alcohol motifs (C(OH)–C–C–N with tert-alkyl or cyclic N) is 1. The number of benzene rings is 1. The van der Waals surface area contributed by atoms with Crippen LogP contribution in [0.2, 0.25) is 0 Å². The lowest BCUT2D eigenvalue weighted by molar-refractivity contribution is 0.0566. The normalized spacial score (nSPS) is 26.3. The number of nitrogen functional groups attached to an aromatic ring is 1. The van der Waals surface area contributed by atoms with Crippen molar-refractivity contribution < 1.29 is 5.11 Å². The molecule has 1 aromatic rings. The molecule has 2 aliphatic heterocycles. The highest BCUT2D eigenvalue weighted by Crippen LogP contribution is 2.23. The highest BCUT2D eigenvalue weighted by Gasteiger charge is 2.31. The number of aliphatic hydroxyl groups is 1. The third-order valence-corrected chi connectivity index (χ3v) is 4.42. The van der Waals surface area contributed by atoms with Crippen molar-refractivity contribution in [1.29, 1.82) is 0 Å². The Bertz CT molecular complexity index is 420. The van der Waals surface area contributed by atoms with Gasteiger partial charge in [0.2, 0.25) is 0 Å². The van der Waals surface area contributed by atoms with Crippen molar-refractivity contribution in [1.82, 2.24) is 9.80 Å². The molecule has 0 aromatic heterocycles. The Morgan fingerprint density at radius 2 is 2.00 bits per heavy atom. The Balaban J connectivity index is 1.57. The molecule has 0 spiro atoms. The third kappa shape index (κ3) is 2.91. The number of nitrogens with two attached hydrogens (primary N) is 1. The summed E-state index contributed by atoms with van der Waals surface area (Å²) in [5.74, 6) is 0. The van der Waals surface area contributed by atoms with Gasteiger partial charge in [0, 0.05) is 37.9 Å². The molecule has 2 saturated heterocycles. The number of rotatable bonds is 3. The number of piperazine rings is 1. The molecule has 104 valence electrons. The van der Waals surface area contributed by atoms with Gasteiger partial charge in [-0.05, 0) is 37.1 Å². The van der Waals surface area contributed by atoms with E-state index in [1.807, 2.05) is 24.3 Å². The molecule has 0 amide bonds. The standard InChI is InChI=1S/C15H23N3O/c16-13-5-3-12(4-6-13)15(19)11-17-8-9-18-7-1-2-14(18)10-17/h3-6,14-15,19H,1-2,7-11,16H2. The van der Waals surface area contributed by atoms with E-state index in [0.29, 0.717) is 6.04 Å². The van der Waals surface area contributed by atoms with Crippen molar-refractivity contribution in [3.05, 3.63) is 29.8 Å². The topological polar surface area (TPSA) is 52.7 Å². The zero-order valence-electron chi connectivity index (χ0n) is 11.3. The first kappa shape index (κ1) is 12.9. The molecular formula is C15H23N3O. The summed E-state index contributed by atoms with van der Waals surface area (Å²) in [5, 5.41) is 10.3. The largest absolute Gasteiger partial charge is 0.399 e. The van der Waals surface area contributed by atoms with Crippen LogP contribution in [0.15, 0.2) is 24.3 Å². The molecule has 2 aliphatic rings. The van der Waals surface area contributed by atoms with Crippen LogP contribution in [0.25, 0.3) is 0 Å². The first-order chi connectivity index (χ1) is 9.22. The summed E-state index contributed by atoms with van der Waals surface area (Å²) in [6, 6.07) is 8.27. The molecule has 19 heavy (non-hydrogen) atoms. The van der Waals surface area contributed by atoms with Gasteiger partial charge >= 0.3 is 0 Å². The lowest BCUT2D eigenvalue weighted by atomic mass is 10.1. The fourth-order valence-electron chi connectivity index (χ4n) is 3.29. The van der Waals surface area contributed by atoms with Gasteiger partial charge in [-0.15, -0.1) is 0 Å². The number of anilines is 1. The van der Waals surface area contributed by atoms with Crippen LogP contribution in [0.1, 0.15) is 24.5 Å². The quantitative estimate of drug-likeness (QED) is 0.800. The molecule has 2 fully saturated rings. The van der Waals surface area contributed by atoms with Gasteiger partial charge in [0.05, 0.1) is 6.10 Å². The van der Waals surface area contributed by atoms with Gasteiger partial charge in [-0.2, -0.15) is 0 Å². The molecule has 3 rings (SSSR count). The smallest absolute Gasteiger partial charge is 0.0916 e. The second-order valence-corrected chi connectivity index (χ2v) is 5.77. The maximum Gasteiger partial charge on any atom is 0.0916 e. The Hall–Kier alpha value is -1.10. The van der Waals surface area contributed by atoms with Gasteiger partial charge < -0.3 is 10.8 Å². The van der Waals surface area contributed by atoms with E-state index in [0.717, 1.165) is 37.4 Å². The van der Waals surface area contributed by atoms with E-state index in [9.17, 15) is 5.11 Å². The zero-order valence-corrected chi connectivity index (χ0v) is 11.3. The van der Waals surface area contributed by atoms with Crippen molar-refractivity contribution in [3.8, 4) is 0 Å². The number of fused-ring (bicyclic) bond motifs is 1. The minimum absolute atomic E-state index is 0.409. The Morgan fingerprint density at radius 3 is 2.79 bits per heavy atom. The first-order valence-corrected chi connectivity index (χ1v) is 7.22. The van der Waals surface area contributed by atoms with Crippen molar-refractivity contribution in [3.63, 3.8) is 0 Å². The molecular weight excluding hydrogens is 238 g/mol. The summed E-state index contributed by atoms with van der Waals surface area (Å²) in [6.07, 6.45) is 2.24. The van der Waals surface area contributed by atoms with Crippen molar-refractivity contribution in [2.75, 3.05) is 38.5 Å². The van der Waals surface area contributed by atoms with Crippen molar-refractivity contribution in [2.24, 2.45) is 0 Å². The van der Waals surface area contributed by atoms with E-state index in [2.05, 4.69) is 9.80 Å². The molecule has 0 aliphatic carbocycles. The van der Waals surface area contributed by atoms with E-state index in [1.54, 1.807) is 0 Å². The predicted octanol–water partition coefficient (Wildman–Crippen LogP) is 1.08. The highest BCUT2D eigenvalue weighted by molar-refractivity contribution is 5.39. The summed E-state index contributed by atoms with van der Waals surface area (Å²) >= 11 is 0. The molecule has 2 atom stereocenters. The Labute approximate surface area is 114 Å². The second kappa shape index (κ2) is 5.49. The predicted molar refractivity (Wildman–Crippen MR) is 76.8 cm³/mol. The van der Waals surface area contributed by atoms with Gasteiger partial charge in [-0.1, -0.05) is 12.1 Å². The van der Waals surface area contributed by atoms with Crippen LogP contribution in [0.3, 0.4) is 0 Å². The molecule has 4 nitrogen and oxygen atoms in total. The number of hydrogen-bond donors (Lipinski definition) is 2. The van der Waals surface area contributed by atoms with Crippen molar-refractivity contribution in [2.45, 2.75) is 25.0 Å². The first-order valence-electron chi connectivity index (χ1n) is 7.22. The van der Waals surface area contributed by atoms with Crippen LogP contribution in [0.4, 0.5) is 5.69 Å². The van der Waals surface area contributed by atoms with E-state index in [1.165, 1.54) is 19.4 Å². The molecule has 2 unspecified atom stereocenters. The average molecular weight is 261 g/mol. The molecule has 3 N–H and O–H groups in total. The number of aliphatic hydroxyl groups excluding tert-OH is 1. The van der Waals surface area contributed by atoms with Gasteiger partial charge in [0.25, 0.3) is 0 Å². The molecule has 0 radical (unpaired) electrons. The lowest BCUT2D eigenvalue weighted by Crippen LogP contribution is -2.50. The molecule has 1 aromatic carbocycles. The third-order valence-electron chi connectivity index (χ3n) is 4.42. The average Bonchev–Trinajstić information content (AvgIpc) is 2.87. The fraction of sp³-hybridized carbons (Fsp3) is 0.600. The summed E-state index contributed by atoms with van der Waals surface area (Å²) < 4.78 is 0. The number of nitrogens with zero attached hydrogens (tertiary/aromatic N) is 2. The van der Waals surface area contributed by atoms with Gasteiger partial charge in [0.1, 0.15) is 0 Å². The summed E-state index contributed by atoms with van der Waals surface area (Å²) in [6.45, 7) is 5.32. The van der Waals surface area contributed by atoms with Crippen LogP contribution >= 0.6 is 0 Å². The minimum atomic E-state index is -0.409. The minimum Gasteiger partial charge on any atom is -0.399 e. The van der Waals surface area contributed by atoms with Crippen LogP contribution in [0, 0.1) is 0 Å². The van der Waals surface area contributed by atoms with E-state index in [4.69, 9.17) is 5.73 Å². The van der Waals surface area contributed by atoms with Gasteiger partial charge in [-0.3, -0.25) is 9.80 Å². The van der Waals surface area contributed by atoms with E-state index in [-0.39, 0.29) is 0 Å². The summed E-state index contributed by atoms with van der Waals surface area (Å²) in [4.78, 5) is 4.99. The number of hydrogen-bond acceptors (Lipinski definition) is 4. The molecule has 4 heteroatoms. The van der Waals surface area contributed by atoms with Crippen LogP contribution in [-0.4, -0.2) is 53.7 Å². The molecule has 2 heterocycles. The Kier molecular flexibility index (Phi) is 3.73. The Morgan fingerprint density at radius 1 is 1.21 bits per heavy atom. The summed E-state index contributed by atoms with van der Waals surface area (Å²) in [7, 11) is 0. The molecule has 0 bridgehead atoms. The van der Waals surface area contributed by atoms with Crippen molar-refractivity contribution >= 4 is 5.69 Å². The fourth-order valence-corrected chi connectivity index (χ4v) is 3.29. The SMILES string of the molecule is Nc1ccc(C(O)CN2CCN3CCCC3C2)cc1. The maximum atomic E-state index is 10.3. The second-order valence-electron chi connectivity index (χ2n) is 5.77. The molecule has 0 saturated carbocycles. The van der Waals surface area contributed by atoms with Crippen LogP contribution < -0.4 is 5.73 Å².